The van der Waals surface area contributed by atoms with Crippen molar-refractivity contribution in [2.45, 2.75) is 69.1 Å². The van der Waals surface area contributed by atoms with E-state index >= 15 is 0 Å². The van der Waals surface area contributed by atoms with E-state index in [1.807, 2.05) is 0 Å². The predicted molar refractivity (Wildman–Crippen MR) is 94.6 cm³/mol. The second-order valence-electron chi connectivity index (χ2n) is 8.87. The largest absolute Gasteiger partial charge is 0.381 e. The average molecular weight is 359 g/mol. The van der Waals surface area contributed by atoms with Crippen LogP contribution in [0.3, 0.4) is 0 Å². The first kappa shape index (κ1) is 16.7. The molecule has 1 aromatic heterocycles. The van der Waals surface area contributed by atoms with Crippen molar-refractivity contribution < 1.29 is 14.1 Å². The molecule has 5 rings (SSSR count). The highest BCUT2D eigenvalue weighted by molar-refractivity contribution is 5.81. The van der Waals surface area contributed by atoms with E-state index in [1.54, 1.807) is 0 Å². The lowest BCUT2D eigenvalue weighted by molar-refractivity contribution is -0.134. The van der Waals surface area contributed by atoms with Crippen molar-refractivity contribution in [1.82, 2.24) is 15.0 Å². The average Bonchev–Trinajstić information content (AvgIpc) is 3.62. The molecule has 2 saturated heterocycles. The molecule has 6 nitrogen and oxygen atoms in total. The molecule has 0 N–H and O–H groups in total. The van der Waals surface area contributed by atoms with E-state index in [9.17, 15) is 4.79 Å². The first-order valence-corrected chi connectivity index (χ1v) is 10.4. The maximum Gasteiger partial charge on any atom is 0.229 e. The van der Waals surface area contributed by atoms with Gasteiger partial charge in [-0.1, -0.05) is 18.0 Å². The summed E-state index contributed by atoms with van der Waals surface area (Å²) in [4.78, 5) is 19.4. The minimum Gasteiger partial charge on any atom is -0.381 e. The maximum absolute atomic E-state index is 12.4. The molecule has 0 spiro atoms. The molecule has 1 amide bonds. The number of nitrogens with zero attached hydrogens (tertiary/aromatic N) is 3. The smallest absolute Gasteiger partial charge is 0.229 e. The molecule has 2 aliphatic carbocycles. The van der Waals surface area contributed by atoms with Crippen LogP contribution in [-0.2, 0) is 14.9 Å². The molecule has 0 bridgehead atoms. The molecule has 4 aliphatic rings. The molecule has 6 heteroatoms. The van der Waals surface area contributed by atoms with E-state index in [0.29, 0.717) is 17.7 Å². The van der Waals surface area contributed by atoms with Crippen LogP contribution in [0, 0.1) is 11.8 Å². The summed E-state index contributed by atoms with van der Waals surface area (Å²) in [5.74, 6) is 3.56. The fourth-order valence-electron chi connectivity index (χ4n) is 4.70. The van der Waals surface area contributed by atoms with Crippen molar-refractivity contribution in [2.75, 3.05) is 26.3 Å². The lowest BCUT2D eigenvalue weighted by atomic mass is 9.73. The van der Waals surface area contributed by atoms with Gasteiger partial charge < -0.3 is 14.2 Å². The highest BCUT2D eigenvalue weighted by Gasteiger charge is 2.46. The molecule has 0 aromatic carbocycles. The number of hydrogen-bond acceptors (Lipinski definition) is 5. The van der Waals surface area contributed by atoms with Crippen LogP contribution in [-0.4, -0.2) is 47.3 Å². The quantitative estimate of drug-likeness (QED) is 0.808. The third-order valence-electron chi connectivity index (χ3n) is 6.82. The van der Waals surface area contributed by atoms with Crippen LogP contribution in [0.4, 0.5) is 0 Å². The highest BCUT2D eigenvalue weighted by atomic mass is 16.5. The van der Waals surface area contributed by atoms with Crippen molar-refractivity contribution in [3.05, 3.63) is 11.7 Å². The van der Waals surface area contributed by atoms with Gasteiger partial charge in [-0.25, -0.2) is 0 Å². The van der Waals surface area contributed by atoms with E-state index in [4.69, 9.17) is 14.2 Å². The summed E-state index contributed by atoms with van der Waals surface area (Å²) in [6.07, 6.45) is 9.90. The van der Waals surface area contributed by atoms with Crippen molar-refractivity contribution in [2.24, 2.45) is 11.8 Å². The van der Waals surface area contributed by atoms with Crippen LogP contribution in [0.15, 0.2) is 4.52 Å². The summed E-state index contributed by atoms with van der Waals surface area (Å²) in [5.41, 5.74) is 0.00835. The Morgan fingerprint density at radius 2 is 1.81 bits per heavy atom. The number of piperidine rings is 1. The first-order chi connectivity index (χ1) is 12.7. The van der Waals surface area contributed by atoms with Gasteiger partial charge in [0.1, 0.15) is 0 Å². The summed E-state index contributed by atoms with van der Waals surface area (Å²) in [6, 6.07) is 0. The normalized spacial score (nSPS) is 26.8. The fourth-order valence-corrected chi connectivity index (χ4v) is 4.70. The Morgan fingerprint density at radius 1 is 1.08 bits per heavy atom. The van der Waals surface area contributed by atoms with Gasteiger partial charge in [0.15, 0.2) is 5.82 Å². The minimum absolute atomic E-state index is 0.00835. The lowest BCUT2D eigenvalue weighted by Crippen LogP contribution is -2.46. The number of hydrogen-bond donors (Lipinski definition) is 0. The topological polar surface area (TPSA) is 68.5 Å². The first-order valence-electron chi connectivity index (χ1n) is 10.4. The zero-order valence-corrected chi connectivity index (χ0v) is 15.5. The molecule has 1 aromatic rings. The van der Waals surface area contributed by atoms with Gasteiger partial charge in [-0.2, -0.15) is 4.98 Å². The number of ether oxygens (including phenoxy) is 1. The lowest BCUT2D eigenvalue weighted by Gasteiger charge is -2.40. The van der Waals surface area contributed by atoms with Crippen molar-refractivity contribution in [1.29, 1.82) is 0 Å². The standard InChI is InChI=1S/C20H29N3O3/c24-18(16-3-4-16)23-9-7-20(8-10-23,13-14-1-2-14)19-21-17(26-22-19)15-5-11-25-12-6-15/h14-16H,1-13H2. The summed E-state index contributed by atoms with van der Waals surface area (Å²) in [7, 11) is 0. The second-order valence-corrected chi connectivity index (χ2v) is 8.87. The van der Waals surface area contributed by atoms with Crippen LogP contribution in [0.25, 0.3) is 0 Å². The van der Waals surface area contributed by atoms with Crippen molar-refractivity contribution in [3.8, 4) is 0 Å². The maximum atomic E-state index is 12.4. The number of carbonyl (C=O) groups is 1. The third kappa shape index (κ3) is 3.28. The molecule has 3 heterocycles. The summed E-state index contributed by atoms with van der Waals surface area (Å²) in [6.45, 7) is 3.27. The predicted octanol–water partition coefficient (Wildman–Crippen LogP) is 3.03. The Balaban J connectivity index is 1.32. The molecule has 2 saturated carbocycles. The Morgan fingerprint density at radius 3 is 2.46 bits per heavy atom. The molecule has 4 fully saturated rings. The van der Waals surface area contributed by atoms with Gasteiger partial charge in [0, 0.05) is 43.6 Å². The van der Waals surface area contributed by atoms with Crippen LogP contribution in [0.5, 0.6) is 0 Å². The van der Waals surface area contributed by atoms with Crippen molar-refractivity contribution >= 4 is 5.91 Å². The summed E-state index contributed by atoms with van der Waals surface area (Å²) in [5, 5.41) is 4.46. The van der Waals surface area contributed by atoms with E-state index < -0.39 is 0 Å². The van der Waals surface area contributed by atoms with Crippen LogP contribution in [0.1, 0.15) is 75.4 Å². The molecule has 0 radical (unpaired) electrons. The van der Waals surface area contributed by atoms with Gasteiger partial charge in [-0.15, -0.1) is 0 Å². The van der Waals surface area contributed by atoms with Gasteiger partial charge in [-0.05, 0) is 50.9 Å². The number of aromatic nitrogens is 2. The molecule has 142 valence electrons. The van der Waals surface area contributed by atoms with Gasteiger partial charge in [-0.3, -0.25) is 4.79 Å². The monoisotopic (exact) mass is 359 g/mol. The van der Waals surface area contributed by atoms with Crippen LogP contribution < -0.4 is 0 Å². The fraction of sp³-hybridized carbons (Fsp3) is 0.850. The number of carbonyl (C=O) groups excluding carboxylic acids is 1. The third-order valence-corrected chi connectivity index (χ3v) is 6.82. The van der Waals surface area contributed by atoms with Crippen molar-refractivity contribution in [3.63, 3.8) is 0 Å². The Labute approximate surface area is 154 Å². The zero-order chi connectivity index (χ0) is 17.6. The number of rotatable bonds is 5. The molecule has 0 atom stereocenters. The Kier molecular flexibility index (Phi) is 4.26. The molecule has 0 unspecified atom stereocenters. The zero-order valence-electron chi connectivity index (χ0n) is 15.5. The molecular weight excluding hydrogens is 330 g/mol. The van der Waals surface area contributed by atoms with E-state index in [0.717, 1.165) is 88.9 Å². The van der Waals surface area contributed by atoms with Crippen LogP contribution >= 0.6 is 0 Å². The van der Waals surface area contributed by atoms with Gasteiger partial charge in [0.2, 0.25) is 11.8 Å². The molecule has 26 heavy (non-hydrogen) atoms. The Hall–Kier alpha value is -1.43. The Bertz CT molecular complexity index is 651. The minimum atomic E-state index is 0.00835. The number of amides is 1. The summed E-state index contributed by atoms with van der Waals surface area (Å²) < 4.78 is 11.2. The SMILES string of the molecule is O=C(C1CC1)N1CCC(CC2CC2)(c2noc(C3CCOCC3)n2)CC1. The van der Waals surface area contributed by atoms with Gasteiger partial charge in [0.25, 0.3) is 0 Å². The van der Waals surface area contributed by atoms with E-state index in [-0.39, 0.29) is 5.41 Å². The molecular formula is C20H29N3O3. The van der Waals surface area contributed by atoms with Gasteiger partial charge in [0.05, 0.1) is 0 Å². The second kappa shape index (κ2) is 6.63. The number of likely N-dealkylation sites (tertiary alicyclic amines) is 1. The summed E-state index contributed by atoms with van der Waals surface area (Å²) >= 11 is 0. The van der Waals surface area contributed by atoms with Gasteiger partial charge >= 0.3 is 0 Å². The van der Waals surface area contributed by atoms with Crippen LogP contribution in [0.2, 0.25) is 0 Å². The molecule has 2 aliphatic heterocycles. The van der Waals surface area contributed by atoms with E-state index in [2.05, 4.69) is 10.1 Å². The van der Waals surface area contributed by atoms with E-state index in [1.165, 1.54) is 12.8 Å². The highest BCUT2D eigenvalue weighted by Crippen LogP contribution is 2.47.